The van der Waals surface area contributed by atoms with E-state index in [1.807, 2.05) is 24.3 Å². The lowest BCUT2D eigenvalue weighted by Gasteiger charge is -2.32. The average Bonchev–Trinajstić information content (AvgIpc) is 3.19. The molecule has 0 radical (unpaired) electrons. The van der Waals surface area contributed by atoms with Crippen molar-refractivity contribution < 1.29 is 9.53 Å². The van der Waals surface area contributed by atoms with Crippen LogP contribution < -0.4 is 10.2 Å². The van der Waals surface area contributed by atoms with Crippen molar-refractivity contribution in [3.05, 3.63) is 24.3 Å². The summed E-state index contributed by atoms with van der Waals surface area (Å²) in [5, 5.41) is 4.48. The minimum Gasteiger partial charge on any atom is -0.376 e. The number of aromatic nitrogens is 2. The molecule has 1 aromatic carbocycles. The number of fused-ring (bicyclic) bond motifs is 1. The number of amides is 1. The lowest BCUT2D eigenvalue weighted by atomic mass is 10.2. The molecular weight excluding hydrogens is 318 g/mol. The molecule has 1 amide bonds. The van der Waals surface area contributed by atoms with E-state index < -0.39 is 0 Å². The van der Waals surface area contributed by atoms with E-state index in [4.69, 9.17) is 14.7 Å². The number of piperazine rings is 1. The van der Waals surface area contributed by atoms with Crippen LogP contribution in [0.5, 0.6) is 0 Å². The van der Waals surface area contributed by atoms with Gasteiger partial charge in [-0.1, -0.05) is 12.1 Å². The summed E-state index contributed by atoms with van der Waals surface area (Å²) in [6.07, 6.45) is 3.39. The smallest absolute Gasteiger partial charge is 0.228 e. The molecule has 132 valence electrons. The number of nitrogens with zero attached hydrogens (tertiary/aromatic N) is 4. The summed E-state index contributed by atoms with van der Waals surface area (Å²) in [6, 6.07) is 8.06. The third-order valence-corrected chi connectivity index (χ3v) is 4.86. The van der Waals surface area contributed by atoms with Crippen LogP contribution in [0.2, 0.25) is 0 Å². The predicted molar refractivity (Wildman–Crippen MR) is 96.9 cm³/mol. The maximum atomic E-state index is 10.9. The molecule has 1 unspecified atom stereocenters. The summed E-state index contributed by atoms with van der Waals surface area (Å²) >= 11 is 0. The molecule has 1 atom stereocenters. The Morgan fingerprint density at radius 3 is 2.80 bits per heavy atom. The van der Waals surface area contributed by atoms with Gasteiger partial charge in [-0.3, -0.25) is 4.79 Å². The summed E-state index contributed by atoms with van der Waals surface area (Å²) < 4.78 is 5.70. The van der Waals surface area contributed by atoms with Crippen molar-refractivity contribution in [3.8, 4) is 0 Å². The Morgan fingerprint density at radius 1 is 1.20 bits per heavy atom. The van der Waals surface area contributed by atoms with Gasteiger partial charge in [-0.15, -0.1) is 0 Å². The third kappa shape index (κ3) is 3.51. The lowest BCUT2D eigenvalue weighted by molar-refractivity contribution is -0.118. The fraction of sp³-hybridized carbons (Fsp3) is 0.500. The van der Waals surface area contributed by atoms with Gasteiger partial charge in [0.05, 0.1) is 11.6 Å². The highest BCUT2D eigenvalue weighted by atomic mass is 16.5. The average molecular weight is 341 g/mol. The van der Waals surface area contributed by atoms with Crippen LogP contribution in [0.25, 0.3) is 10.9 Å². The fourth-order valence-electron chi connectivity index (χ4n) is 3.38. The summed E-state index contributed by atoms with van der Waals surface area (Å²) in [7, 11) is 0. The van der Waals surface area contributed by atoms with E-state index in [9.17, 15) is 4.79 Å². The SMILES string of the molecule is O=CN1CCN(c2nc(NCC3CCCO3)c3ccccc3n2)CC1. The number of benzene rings is 1. The number of carbonyl (C=O) groups is 1. The van der Waals surface area contributed by atoms with Crippen molar-refractivity contribution in [2.75, 3.05) is 49.5 Å². The molecule has 4 rings (SSSR count). The molecule has 0 bridgehead atoms. The molecule has 25 heavy (non-hydrogen) atoms. The highest BCUT2D eigenvalue weighted by Gasteiger charge is 2.20. The van der Waals surface area contributed by atoms with Crippen LogP contribution in [0.3, 0.4) is 0 Å². The van der Waals surface area contributed by atoms with Gasteiger partial charge in [-0.2, -0.15) is 4.98 Å². The largest absolute Gasteiger partial charge is 0.376 e. The van der Waals surface area contributed by atoms with Gasteiger partial charge in [0.15, 0.2) is 0 Å². The van der Waals surface area contributed by atoms with E-state index >= 15 is 0 Å². The normalized spacial score (nSPS) is 20.9. The van der Waals surface area contributed by atoms with E-state index in [2.05, 4.69) is 10.2 Å². The Morgan fingerprint density at radius 2 is 2.04 bits per heavy atom. The summed E-state index contributed by atoms with van der Waals surface area (Å²) in [5.41, 5.74) is 0.931. The Hall–Kier alpha value is -2.41. The van der Waals surface area contributed by atoms with Gasteiger partial charge in [0.2, 0.25) is 12.4 Å². The number of para-hydroxylation sites is 1. The minimum absolute atomic E-state index is 0.258. The van der Waals surface area contributed by atoms with Crippen LogP contribution in [-0.2, 0) is 9.53 Å². The summed E-state index contributed by atoms with van der Waals surface area (Å²) in [4.78, 5) is 24.3. The molecule has 2 aliphatic rings. The maximum Gasteiger partial charge on any atom is 0.228 e. The highest BCUT2D eigenvalue weighted by Crippen LogP contribution is 2.24. The highest BCUT2D eigenvalue weighted by molar-refractivity contribution is 5.90. The second-order valence-electron chi connectivity index (χ2n) is 6.53. The number of anilines is 2. The van der Waals surface area contributed by atoms with Crippen LogP contribution in [0, 0.1) is 0 Å². The number of hydrogen-bond donors (Lipinski definition) is 1. The monoisotopic (exact) mass is 341 g/mol. The number of carbonyl (C=O) groups excluding carboxylic acids is 1. The first-order chi connectivity index (χ1) is 12.3. The van der Waals surface area contributed by atoms with Crippen molar-refractivity contribution in [1.29, 1.82) is 0 Å². The van der Waals surface area contributed by atoms with Crippen LogP contribution >= 0.6 is 0 Å². The van der Waals surface area contributed by atoms with Crippen LogP contribution in [0.15, 0.2) is 24.3 Å². The molecule has 0 aliphatic carbocycles. The molecule has 0 spiro atoms. The van der Waals surface area contributed by atoms with Gasteiger partial charge in [0.25, 0.3) is 0 Å². The van der Waals surface area contributed by atoms with E-state index in [0.29, 0.717) is 13.1 Å². The predicted octanol–water partition coefficient (Wildman–Crippen LogP) is 1.50. The molecule has 0 saturated carbocycles. The van der Waals surface area contributed by atoms with E-state index in [1.54, 1.807) is 4.90 Å². The second kappa shape index (κ2) is 7.23. The zero-order valence-corrected chi connectivity index (χ0v) is 14.2. The van der Waals surface area contributed by atoms with E-state index in [1.165, 1.54) is 0 Å². The minimum atomic E-state index is 0.258. The lowest BCUT2D eigenvalue weighted by Crippen LogP contribution is -2.46. The van der Waals surface area contributed by atoms with Gasteiger partial charge >= 0.3 is 0 Å². The summed E-state index contributed by atoms with van der Waals surface area (Å²) in [6.45, 7) is 4.53. The van der Waals surface area contributed by atoms with Gasteiger partial charge in [0.1, 0.15) is 5.82 Å². The van der Waals surface area contributed by atoms with Gasteiger partial charge in [-0.25, -0.2) is 4.98 Å². The Bertz CT molecular complexity index is 739. The Balaban J connectivity index is 1.58. The zero-order valence-electron chi connectivity index (χ0n) is 14.2. The standard InChI is InChI=1S/C18H23N5O2/c24-13-22-7-9-23(10-8-22)18-20-16-6-2-1-5-15(16)17(21-18)19-12-14-4-3-11-25-14/h1-2,5-6,13-14H,3-4,7-12H2,(H,19,20,21). The van der Waals surface area contributed by atoms with E-state index in [0.717, 1.165) is 68.2 Å². The maximum absolute atomic E-state index is 10.9. The van der Waals surface area contributed by atoms with E-state index in [-0.39, 0.29) is 6.10 Å². The molecule has 2 aromatic rings. The van der Waals surface area contributed by atoms with Crippen molar-refractivity contribution in [1.82, 2.24) is 14.9 Å². The number of ether oxygens (including phenoxy) is 1. The van der Waals surface area contributed by atoms with Gasteiger partial charge < -0.3 is 19.9 Å². The van der Waals surface area contributed by atoms with Crippen molar-refractivity contribution in [2.24, 2.45) is 0 Å². The number of hydrogen-bond acceptors (Lipinski definition) is 6. The van der Waals surface area contributed by atoms with Crippen LogP contribution in [0.1, 0.15) is 12.8 Å². The van der Waals surface area contributed by atoms with Gasteiger partial charge in [0, 0.05) is 44.7 Å². The first-order valence-corrected chi connectivity index (χ1v) is 8.90. The van der Waals surface area contributed by atoms with Crippen molar-refractivity contribution in [2.45, 2.75) is 18.9 Å². The first-order valence-electron chi connectivity index (χ1n) is 8.90. The Kier molecular flexibility index (Phi) is 4.65. The van der Waals surface area contributed by atoms with Gasteiger partial charge in [-0.05, 0) is 25.0 Å². The van der Waals surface area contributed by atoms with Crippen molar-refractivity contribution in [3.63, 3.8) is 0 Å². The van der Waals surface area contributed by atoms with Crippen LogP contribution in [-0.4, -0.2) is 66.7 Å². The molecule has 7 nitrogen and oxygen atoms in total. The summed E-state index contributed by atoms with van der Waals surface area (Å²) in [5.74, 6) is 1.58. The second-order valence-corrected chi connectivity index (χ2v) is 6.53. The third-order valence-electron chi connectivity index (χ3n) is 4.86. The zero-order chi connectivity index (χ0) is 17.1. The fourth-order valence-corrected chi connectivity index (χ4v) is 3.38. The molecule has 2 saturated heterocycles. The quantitative estimate of drug-likeness (QED) is 0.831. The number of nitrogens with one attached hydrogen (secondary N) is 1. The molecule has 2 aliphatic heterocycles. The molecule has 1 N–H and O–H groups in total. The molecule has 7 heteroatoms. The molecule has 2 fully saturated rings. The molecule has 3 heterocycles. The topological polar surface area (TPSA) is 70.6 Å². The molecule has 1 aromatic heterocycles. The first kappa shape index (κ1) is 16.1. The Labute approximate surface area is 147 Å². The number of rotatable bonds is 5. The van der Waals surface area contributed by atoms with Crippen LogP contribution in [0.4, 0.5) is 11.8 Å². The van der Waals surface area contributed by atoms with Crippen molar-refractivity contribution >= 4 is 29.1 Å². The molecular formula is C18H23N5O2.